The number of nitrogens with zero attached hydrogens (tertiary/aromatic N) is 1. The van der Waals surface area contributed by atoms with Crippen LogP contribution in [0.4, 0.5) is 0 Å². The predicted octanol–water partition coefficient (Wildman–Crippen LogP) is 2.96. The third-order valence-electron chi connectivity index (χ3n) is 5.95. The van der Waals surface area contributed by atoms with Gasteiger partial charge < -0.3 is 19.3 Å². The predicted molar refractivity (Wildman–Crippen MR) is 97.8 cm³/mol. The van der Waals surface area contributed by atoms with Crippen molar-refractivity contribution in [2.75, 3.05) is 34.9 Å². The molecule has 0 amide bonds. The third-order valence-corrected chi connectivity index (χ3v) is 6.98. The first-order valence-corrected chi connectivity index (χ1v) is 10.3. The van der Waals surface area contributed by atoms with Crippen LogP contribution in [-0.2, 0) is 19.0 Å². The fraction of sp³-hybridized carbons (Fsp3) is 0.667. The topological polar surface area (TPSA) is 77.5 Å². The molecule has 1 saturated carbocycles. The molecule has 146 valence electrons. The van der Waals surface area contributed by atoms with Gasteiger partial charge in [0.2, 0.25) is 0 Å². The van der Waals surface area contributed by atoms with Crippen LogP contribution in [-0.4, -0.2) is 56.9 Å². The highest BCUT2D eigenvalue weighted by atomic mass is 31.2. The quantitative estimate of drug-likeness (QED) is 0.755. The summed E-state index contributed by atoms with van der Waals surface area (Å²) in [6, 6.07) is 6.36. The summed E-state index contributed by atoms with van der Waals surface area (Å²) in [5, 5.41) is 0. The van der Waals surface area contributed by atoms with E-state index in [0.717, 1.165) is 25.1 Å². The van der Waals surface area contributed by atoms with Crippen molar-refractivity contribution in [3.63, 3.8) is 0 Å². The van der Waals surface area contributed by atoms with Crippen LogP contribution in [0.1, 0.15) is 31.2 Å². The van der Waals surface area contributed by atoms with Gasteiger partial charge in [0.25, 0.3) is 0 Å². The number of rotatable bonds is 6. The Kier molecular flexibility index (Phi) is 5.66. The van der Waals surface area contributed by atoms with Crippen molar-refractivity contribution in [2.45, 2.75) is 43.2 Å². The molecule has 2 aliphatic rings. The second-order valence-electron chi connectivity index (χ2n) is 7.13. The summed E-state index contributed by atoms with van der Waals surface area (Å²) >= 11 is 0. The van der Waals surface area contributed by atoms with E-state index >= 15 is 0 Å². The second kappa shape index (κ2) is 7.49. The lowest BCUT2D eigenvalue weighted by Crippen LogP contribution is -2.47. The third kappa shape index (κ3) is 3.51. The zero-order valence-electron chi connectivity index (χ0n) is 15.8. The number of phosphoric acid groups is 1. The first-order valence-electron chi connectivity index (χ1n) is 8.85. The van der Waals surface area contributed by atoms with Gasteiger partial charge in [0.15, 0.2) is 11.5 Å². The Labute approximate surface area is 154 Å². The van der Waals surface area contributed by atoms with E-state index in [1.807, 2.05) is 6.07 Å². The number of fused-ring (bicyclic) bond motifs is 1. The highest BCUT2D eigenvalue weighted by Gasteiger charge is 2.51. The average Bonchev–Trinajstić information content (AvgIpc) is 2.98. The molecule has 0 radical (unpaired) electrons. The second-order valence-corrected chi connectivity index (χ2v) is 8.64. The highest BCUT2D eigenvalue weighted by Crippen LogP contribution is 2.53. The van der Waals surface area contributed by atoms with E-state index in [2.05, 4.69) is 28.6 Å². The van der Waals surface area contributed by atoms with Crippen molar-refractivity contribution in [2.24, 2.45) is 0 Å². The number of hydrogen-bond donors (Lipinski definition) is 1. The summed E-state index contributed by atoms with van der Waals surface area (Å²) in [4.78, 5) is 12.0. The fourth-order valence-electron chi connectivity index (χ4n) is 4.56. The van der Waals surface area contributed by atoms with Gasteiger partial charge in [0.05, 0.1) is 20.3 Å². The van der Waals surface area contributed by atoms with Crippen LogP contribution in [0.25, 0.3) is 0 Å². The van der Waals surface area contributed by atoms with Crippen LogP contribution in [0.2, 0.25) is 0 Å². The van der Waals surface area contributed by atoms with Crippen molar-refractivity contribution < 1.29 is 28.0 Å². The lowest BCUT2D eigenvalue weighted by molar-refractivity contribution is 0.0451. The van der Waals surface area contributed by atoms with Gasteiger partial charge in [-0.05, 0) is 57.0 Å². The van der Waals surface area contributed by atoms with Crippen LogP contribution in [0.3, 0.4) is 0 Å². The number of hydrogen-bond acceptors (Lipinski definition) is 6. The molecule has 26 heavy (non-hydrogen) atoms. The summed E-state index contributed by atoms with van der Waals surface area (Å²) < 4.78 is 32.6. The minimum atomic E-state index is -3.97. The van der Waals surface area contributed by atoms with E-state index in [0.29, 0.717) is 18.6 Å². The Balaban J connectivity index is 1.88. The summed E-state index contributed by atoms with van der Waals surface area (Å²) in [5.74, 6) is 1.44. The van der Waals surface area contributed by atoms with Crippen molar-refractivity contribution in [1.82, 2.24) is 4.90 Å². The number of ether oxygens (including phenoxy) is 2. The molecule has 0 spiro atoms. The SMILES string of the molecule is COc1ccc([C@@]23CC[C@H](OP(=O)(O)OC)C[C@@H]2N(C)CC3)cc1OC. The number of phosphoric ester groups is 1. The molecule has 8 heteroatoms. The zero-order valence-corrected chi connectivity index (χ0v) is 16.7. The van der Waals surface area contributed by atoms with E-state index < -0.39 is 7.82 Å². The maximum atomic E-state index is 11.8. The maximum absolute atomic E-state index is 11.8. The number of benzene rings is 1. The summed E-state index contributed by atoms with van der Waals surface area (Å²) in [6.45, 7) is 0.979. The largest absolute Gasteiger partial charge is 0.493 e. The van der Waals surface area contributed by atoms with Crippen LogP contribution in [0.15, 0.2) is 18.2 Å². The molecule has 1 saturated heterocycles. The van der Waals surface area contributed by atoms with Gasteiger partial charge in [0.1, 0.15) is 0 Å². The molecule has 2 fully saturated rings. The Morgan fingerprint density at radius 2 is 1.92 bits per heavy atom. The Morgan fingerprint density at radius 3 is 2.58 bits per heavy atom. The van der Waals surface area contributed by atoms with Gasteiger partial charge in [-0.1, -0.05) is 6.07 Å². The van der Waals surface area contributed by atoms with Crippen LogP contribution >= 0.6 is 7.82 Å². The molecule has 1 aromatic carbocycles. The van der Waals surface area contributed by atoms with E-state index in [4.69, 9.17) is 14.0 Å². The average molecular weight is 385 g/mol. The monoisotopic (exact) mass is 385 g/mol. The van der Waals surface area contributed by atoms with Gasteiger partial charge in [0, 0.05) is 18.6 Å². The number of likely N-dealkylation sites (tertiary alicyclic amines) is 1. The number of methoxy groups -OCH3 is 2. The first-order chi connectivity index (χ1) is 12.3. The Bertz CT molecular complexity index is 698. The molecular formula is C18H28NO6P. The van der Waals surface area contributed by atoms with Crippen molar-refractivity contribution in [3.8, 4) is 11.5 Å². The van der Waals surface area contributed by atoms with Crippen molar-refractivity contribution in [3.05, 3.63) is 23.8 Å². The normalized spacial score (nSPS) is 31.3. The van der Waals surface area contributed by atoms with Crippen LogP contribution < -0.4 is 9.47 Å². The van der Waals surface area contributed by atoms with Crippen LogP contribution in [0, 0.1) is 0 Å². The first kappa shape index (κ1) is 19.6. The standard InChI is InChI=1S/C18H28NO6P/c1-19-10-9-18(13-5-6-15(22-2)16(11-13)23-3)8-7-14(12-17(18)19)25-26(20,21)24-4/h5-6,11,14,17H,7-10,12H2,1-4H3,(H,20,21)/t14-,17-,18-/m0/s1. The summed E-state index contributed by atoms with van der Waals surface area (Å²) in [6.07, 6.45) is 3.04. The van der Waals surface area contributed by atoms with Gasteiger partial charge >= 0.3 is 7.82 Å². The molecule has 1 aliphatic heterocycles. The molecule has 3 rings (SSSR count). The number of likely N-dealkylation sites (N-methyl/N-ethyl adjacent to an activating group) is 1. The van der Waals surface area contributed by atoms with Gasteiger partial charge in [-0.3, -0.25) is 9.05 Å². The van der Waals surface area contributed by atoms with Crippen LogP contribution in [0.5, 0.6) is 11.5 Å². The molecule has 0 aromatic heterocycles. The smallest absolute Gasteiger partial charge is 0.472 e. The summed E-state index contributed by atoms with van der Waals surface area (Å²) in [7, 11) is 2.60. The minimum absolute atomic E-state index is 0.0132. The van der Waals surface area contributed by atoms with Crippen molar-refractivity contribution >= 4 is 7.82 Å². The molecule has 1 unspecified atom stereocenters. The summed E-state index contributed by atoms with van der Waals surface area (Å²) in [5.41, 5.74) is 1.21. The molecule has 1 aliphatic carbocycles. The minimum Gasteiger partial charge on any atom is -0.493 e. The molecule has 0 bridgehead atoms. The lowest BCUT2D eigenvalue weighted by Gasteiger charge is -2.44. The lowest BCUT2D eigenvalue weighted by atomic mass is 9.65. The Morgan fingerprint density at radius 1 is 1.19 bits per heavy atom. The fourth-order valence-corrected chi connectivity index (χ4v) is 5.21. The molecule has 1 N–H and O–H groups in total. The molecule has 7 nitrogen and oxygen atoms in total. The van der Waals surface area contributed by atoms with Crippen molar-refractivity contribution in [1.29, 1.82) is 0 Å². The van der Waals surface area contributed by atoms with Gasteiger partial charge in [-0.2, -0.15) is 0 Å². The van der Waals surface area contributed by atoms with Gasteiger partial charge in [-0.15, -0.1) is 0 Å². The molecule has 1 heterocycles. The maximum Gasteiger partial charge on any atom is 0.472 e. The highest BCUT2D eigenvalue weighted by molar-refractivity contribution is 7.47. The van der Waals surface area contributed by atoms with Gasteiger partial charge in [-0.25, -0.2) is 4.57 Å². The van der Waals surface area contributed by atoms with E-state index in [9.17, 15) is 9.46 Å². The Hall–Kier alpha value is -1.11. The molecule has 4 atom stereocenters. The van der Waals surface area contributed by atoms with E-state index in [-0.39, 0.29) is 17.6 Å². The molecule has 1 aromatic rings. The zero-order chi connectivity index (χ0) is 18.9. The van der Waals surface area contributed by atoms with E-state index in [1.54, 1.807) is 14.2 Å². The van der Waals surface area contributed by atoms with E-state index in [1.165, 1.54) is 12.7 Å². The molecular weight excluding hydrogens is 357 g/mol.